The smallest absolute Gasteiger partial charge is 0.306 e. The number of carboxylic acids is 1. The minimum Gasteiger partial charge on any atom is -0.481 e. The zero-order valence-electron chi connectivity index (χ0n) is 20.9. The lowest BCUT2D eigenvalue weighted by atomic mass is 10.1. The van der Waals surface area contributed by atoms with E-state index in [9.17, 15) is 9.59 Å². The van der Waals surface area contributed by atoms with Gasteiger partial charge in [0.15, 0.2) is 0 Å². The van der Waals surface area contributed by atoms with Gasteiger partial charge < -0.3 is 9.84 Å². The predicted octanol–water partition coefficient (Wildman–Crippen LogP) is 8.27. The largest absolute Gasteiger partial charge is 0.481 e. The minimum atomic E-state index is -0.798. The molecule has 0 radical (unpaired) electrons. The molecular weight excluding hydrogens is 412 g/mol. The topological polar surface area (TPSA) is 63.6 Å². The molecule has 0 aromatic rings. The van der Waals surface area contributed by atoms with Crippen molar-refractivity contribution in [2.75, 3.05) is 0 Å². The van der Waals surface area contributed by atoms with Crippen molar-refractivity contribution in [1.82, 2.24) is 0 Å². The van der Waals surface area contributed by atoms with Gasteiger partial charge in [0, 0.05) is 12.8 Å². The van der Waals surface area contributed by atoms with Crippen LogP contribution < -0.4 is 0 Å². The average molecular weight is 459 g/mol. The average Bonchev–Trinajstić information content (AvgIpc) is 2.79. The fraction of sp³-hybridized carbons (Fsp3) is 0.586. The first-order chi connectivity index (χ1) is 16.1. The number of hydrogen-bond acceptors (Lipinski definition) is 3. The van der Waals surface area contributed by atoms with Crippen molar-refractivity contribution < 1.29 is 19.4 Å². The Labute approximate surface area is 202 Å². The first-order valence-corrected chi connectivity index (χ1v) is 12.8. The fourth-order valence-corrected chi connectivity index (χ4v) is 3.15. The summed E-state index contributed by atoms with van der Waals surface area (Å²) in [7, 11) is 0. The van der Waals surface area contributed by atoms with Gasteiger partial charge in [0.25, 0.3) is 0 Å². The number of aliphatic carboxylic acids is 1. The number of ether oxygens (including phenoxy) is 1. The Kier molecular flexibility index (Phi) is 22.5. The van der Waals surface area contributed by atoms with Crippen molar-refractivity contribution in [3.8, 4) is 0 Å². The van der Waals surface area contributed by atoms with Crippen molar-refractivity contribution >= 4 is 11.9 Å². The minimum absolute atomic E-state index is 0.129. The molecule has 0 bridgehead atoms. The van der Waals surface area contributed by atoms with E-state index in [1.807, 2.05) is 0 Å². The highest BCUT2D eigenvalue weighted by molar-refractivity contribution is 5.69. The Morgan fingerprint density at radius 2 is 1.21 bits per heavy atom. The summed E-state index contributed by atoms with van der Waals surface area (Å²) in [4.78, 5) is 22.8. The number of hydrogen-bond donors (Lipinski definition) is 1. The standard InChI is InChI=1S/C29H46O4/c1-3-5-7-8-9-10-11-12-13-14-15-16-17-18-19-20-21-26-29(32)33-27(23-6-4-2)24-22-25-28(30)31/h5,7,9-10,12-13,15-16,18-19,27H,3-4,6,8,11,14,17,20-26H2,1-2H3,(H,30,31)/b7-5-,10-9-,13-12-,16-15-,19-18-. The summed E-state index contributed by atoms with van der Waals surface area (Å²) >= 11 is 0. The first kappa shape index (κ1) is 30.6. The molecule has 0 spiro atoms. The lowest BCUT2D eigenvalue weighted by molar-refractivity contribution is -0.150. The van der Waals surface area contributed by atoms with Crippen molar-refractivity contribution in [2.24, 2.45) is 0 Å². The van der Waals surface area contributed by atoms with E-state index in [0.717, 1.165) is 64.2 Å². The van der Waals surface area contributed by atoms with Gasteiger partial charge in [0.2, 0.25) is 0 Å². The molecule has 1 unspecified atom stereocenters. The third-order valence-corrected chi connectivity index (χ3v) is 5.00. The lowest BCUT2D eigenvalue weighted by Gasteiger charge is -2.17. The third-order valence-electron chi connectivity index (χ3n) is 5.00. The number of allylic oxidation sites excluding steroid dienone is 10. The van der Waals surface area contributed by atoms with Crippen LogP contribution in [0.15, 0.2) is 60.8 Å². The first-order valence-electron chi connectivity index (χ1n) is 12.8. The van der Waals surface area contributed by atoms with E-state index in [1.54, 1.807) is 0 Å². The van der Waals surface area contributed by atoms with Crippen LogP contribution in [0.5, 0.6) is 0 Å². The monoisotopic (exact) mass is 458 g/mol. The highest BCUT2D eigenvalue weighted by Gasteiger charge is 2.14. The molecule has 1 N–H and O–H groups in total. The summed E-state index contributed by atoms with van der Waals surface area (Å²) in [5.74, 6) is -0.966. The molecule has 0 fully saturated rings. The van der Waals surface area contributed by atoms with Crippen LogP contribution >= 0.6 is 0 Å². The van der Waals surface area contributed by atoms with Crippen LogP contribution in [0.4, 0.5) is 0 Å². The van der Waals surface area contributed by atoms with Gasteiger partial charge in [-0.15, -0.1) is 0 Å². The van der Waals surface area contributed by atoms with E-state index in [2.05, 4.69) is 74.6 Å². The molecule has 33 heavy (non-hydrogen) atoms. The molecule has 0 rings (SSSR count). The summed E-state index contributed by atoms with van der Waals surface area (Å²) in [5, 5.41) is 8.77. The van der Waals surface area contributed by atoms with Crippen molar-refractivity contribution in [3.63, 3.8) is 0 Å². The maximum Gasteiger partial charge on any atom is 0.306 e. The highest BCUT2D eigenvalue weighted by atomic mass is 16.5. The summed E-state index contributed by atoms with van der Waals surface area (Å²) in [5.41, 5.74) is 0. The van der Waals surface area contributed by atoms with Gasteiger partial charge >= 0.3 is 11.9 Å². The number of rotatable bonds is 21. The zero-order chi connectivity index (χ0) is 24.4. The Morgan fingerprint density at radius 3 is 1.73 bits per heavy atom. The molecule has 0 aromatic carbocycles. The van der Waals surface area contributed by atoms with Gasteiger partial charge in [-0.3, -0.25) is 9.59 Å². The van der Waals surface area contributed by atoms with Crippen LogP contribution in [0.3, 0.4) is 0 Å². The number of carbonyl (C=O) groups excluding carboxylic acids is 1. The van der Waals surface area contributed by atoms with Crippen LogP contribution in [0.1, 0.15) is 104 Å². The fourth-order valence-electron chi connectivity index (χ4n) is 3.15. The van der Waals surface area contributed by atoms with E-state index in [4.69, 9.17) is 9.84 Å². The third kappa shape index (κ3) is 24.1. The van der Waals surface area contributed by atoms with Gasteiger partial charge in [-0.25, -0.2) is 0 Å². The quantitative estimate of drug-likeness (QED) is 0.107. The Bertz CT molecular complexity index is 626. The predicted molar refractivity (Wildman–Crippen MR) is 139 cm³/mol. The molecule has 0 saturated heterocycles. The lowest BCUT2D eigenvalue weighted by Crippen LogP contribution is -2.18. The molecule has 0 saturated carbocycles. The molecule has 0 aromatic heterocycles. The number of carbonyl (C=O) groups is 2. The zero-order valence-corrected chi connectivity index (χ0v) is 20.9. The molecule has 0 aliphatic rings. The SMILES string of the molecule is CC/C=C\C/C=C\C/C=C\C/C=C\C/C=C\CCCC(=O)OC(CCCC)CCCC(=O)O. The van der Waals surface area contributed by atoms with Gasteiger partial charge in [-0.05, 0) is 64.2 Å². The van der Waals surface area contributed by atoms with Gasteiger partial charge in [0.05, 0.1) is 0 Å². The van der Waals surface area contributed by atoms with Gasteiger partial charge in [0.1, 0.15) is 6.10 Å². The van der Waals surface area contributed by atoms with Gasteiger partial charge in [-0.2, -0.15) is 0 Å². The van der Waals surface area contributed by atoms with E-state index in [0.29, 0.717) is 19.3 Å². The second-order valence-corrected chi connectivity index (χ2v) is 8.14. The molecular formula is C29H46O4. The maximum absolute atomic E-state index is 12.1. The molecule has 0 aliphatic heterocycles. The second-order valence-electron chi connectivity index (χ2n) is 8.14. The van der Waals surface area contributed by atoms with Crippen LogP contribution in [0.25, 0.3) is 0 Å². The summed E-state index contributed by atoms with van der Waals surface area (Å²) in [6.07, 6.45) is 32.8. The Hall–Kier alpha value is -2.36. The summed E-state index contributed by atoms with van der Waals surface area (Å²) in [6, 6.07) is 0. The summed E-state index contributed by atoms with van der Waals surface area (Å²) in [6.45, 7) is 4.24. The van der Waals surface area contributed by atoms with Crippen LogP contribution in [-0.4, -0.2) is 23.1 Å². The molecule has 0 heterocycles. The normalized spacial score (nSPS) is 13.3. The van der Waals surface area contributed by atoms with Gasteiger partial charge in [-0.1, -0.05) is 87.4 Å². The van der Waals surface area contributed by atoms with E-state index in [-0.39, 0.29) is 18.5 Å². The van der Waals surface area contributed by atoms with Crippen molar-refractivity contribution in [3.05, 3.63) is 60.8 Å². The maximum atomic E-state index is 12.1. The molecule has 4 heteroatoms. The van der Waals surface area contributed by atoms with Crippen molar-refractivity contribution in [2.45, 2.75) is 110 Å². The number of esters is 1. The molecule has 4 nitrogen and oxygen atoms in total. The van der Waals surface area contributed by atoms with Crippen LogP contribution in [-0.2, 0) is 14.3 Å². The molecule has 0 aliphatic carbocycles. The van der Waals surface area contributed by atoms with E-state index >= 15 is 0 Å². The number of carboxylic acid groups (broad SMARTS) is 1. The number of unbranched alkanes of at least 4 members (excludes halogenated alkanes) is 2. The van der Waals surface area contributed by atoms with Crippen LogP contribution in [0.2, 0.25) is 0 Å². The Morgan fingerprint density at radius 1 is 0.697 bits per heavy atom. The molecule has 0 amide bonds. The highest BCUT2D eigenvalue weighted by Crippen LogP contribution is 2.14. The van der Waals surface area contributed by atoms with Crippen LogP contribution in [0, 0.1) is 0 Å². The second kappa shape index (κ2) is 24.3. The van der Waals surface area contributed by atoms with E-state index < -0.39 is 5.97 Å². The Balaban J connectivity index is 3.84. The van der Waals surface area contributed by atoms with E-state index in [1.165, 1.54) is 0 Å². The van der Waals surface area contributed by atoms with Crippen molar-refractivity contribution in [1.29, 1.82) is 0 Å². The summed E-state index contributed by atoms with van der Waals surface area (Å²) < 4.78 is 5.58. The molecule has 1 atom stereocenters. The molecule has 186 valence electrons.